The van der Waals surface area contributed by atoms with Crippen molar-refractivity contribution >= 4 is 5.90 Å². The van der Waals surface area contributed by atoms with Crippen LogP contribution in [0.3, 0.4) is 0 Å². The second kappa shape index (κ2) is 5.38. The first-order chi connectivity index (χ1) is 6.65. The van der Waals surface area contributed by atoms with E-state index < -0.39 is 0 Å². The third-order valence-electron chi connectivity index (χ3n) is 3.39. The summed E-state index contributed by atoms with van der Waals surface area (Å²) in [6.45, 7) is 7.20. The van der Waals surface area contributed by atoms with Gasteiger partial charge in [-0.25, -0.2) is 0 Å². The molecule has 0 bridgehead atoms. The lowest BCUT2D eigenvalue weighted by atomic mass is 9.77. The van der Waals surface area contributed by atoms with Crippen molar-refractivity contribution in [1.29, 1.82) is 5.41 Å². The third kappa shape index (κ3) is 3.00. The second-order valence-corrected chi connectivity index (χ2v) is 4.65. The molecule has 1 saturated carbocycles. The smallest absolute Gasteiger partial charge is 0.183 e. The SMILES string of the molecule is CCOC(=N)C1CCC(C(C)C)CC1. The van der Waals surface area contributed by atoms with E-state index in [0.717, 1.165) is 24.7 Å². The van der Waals surface area contributed by atoms with Crippen LogP contribution in [0.15, 0.2) is 0 Å². The lowest BCUT2D eigenvalue weighted by Gasteiger charge is -2.30. The van der Waals surface area contributed by atoms with Gasteiger partial charge in [-0.2, -0.15) is 0 Å². The van der Waals surface area contributed by atoms with Crippen LogP contribution < -0.4 is 0 Å². The quantitative estimate of drug-likeness (QED) is 0.545. The monoisotopic (exact) mass is 197 g/mol. The summed E-state index contributed by atoms with van der Waals surface area (Å²) >= 11 is 0. The summed E-state index contributed by atoms with van der Waals surface area (Å²) in [5, 5.41) is 7.73. The van der Waals surface area contributed by atoms with E-state index in [1.54, 1.807) is 0 Å². The summed E-state index contributed by atoms with van der Waals surface area (Å²) in [5.74, 6) is 2.61. The van der Waals surface area contributed by atoms with E-state index in [1.165, 1.54) is 12.8 Å². The normalized spacial score (nSPS) is 27.7. The lowest BCUT2D eigenvalue weighted by molar-refractivity contribution is 0.222. The van der Waals surface area contributed by atoms with E-state index in [1.807, 2.05) is 6.92 Å². The van der Waals surface area contributed by atoms with Crippen molar-refractivity contribution in [2.45, 2.75) is 46.5 Å². The van der Waals surface area contributed by atoms with Crippen LogP contribution in [0.25, 0.3) is 0 Å². The van der Waals surface area contributed by atoms with Crippen LogP contribution >= 0.6 is 0 Å². The number of ether oxygens (including phenoxy) is 1. The largest absolute Gasteiger partial charge is 0.481 e. The van der Waals surface area contributed by atoms with Crippen LogP contribution in [0, 0.1) is 23.2 Å². The Morgan fingerprint density at radius 3 is 2.29 bits per heavy atom. The molecule has 2 nitrogen and oxygen atoms in total. The van der Waals surface area contributed by atoms with Crippen LogP contribution in [-0.2, 0) is 4.74 Å². The molecule has 1 N–H and O–H groups in total. The molecule has 0 aromatic rings. The summed E-state index contributed by atoms with van der Waals surface area (Å²) in [5.41, 5.74) is 0. The molecule has 1 aliphatic rings. The van der Waals surface area contributed by atoms with Gasteiger partial charge in [0.1, 0.15) is 0 Å². The Labute approximate surface area is 87.5 Å². The molecule has 0 heterocycles. The Morgan fingerprint density at radius 1 is 1.29 bits per heavy atom. The molecule has 1 fully saturated rings. The van der Waals surface area contributed by atoms with E-state index in [-0.39, 0.29) is 0 Å². The number of hydrogen-bond donors (Lipinski definition) is 1. The molecule has 0 atom stereocenters. The molecule has 14 heavy (non-hydrogen) atoms. The molecular formula is C12H23NO. The van der Waals surface area contributed by atoms with E-state index in [9.17, 15) is 0 Å². The zero-order valence-electron chi connectivity index (χ0n) is 9.68. The highest BCUT2D eigenvalue weighted by Crippen LogP contribution is 2.33. The summed E-state index contributed by atoms with van der Waals surface area (Å²) in [7, 11) is 0. The lowest BCUT2D eigenvalue weighted by Crippen LogP contribution is -2.25. The van der Waals surface area contributed by atoms with Crippen molar-refractivity contribution in [3.05, 3.63) is 0 Å². The van der Waals surface area contributed by atoms with Gasteiger partial charge in [0.2, 0.25) is 0 Å². The van der Waals surface area contributed by atoms with E-state index >= 15 is 0 Å². The molecule has 0 unspecified atom stereocenters. The molecule has 82 valence electrons. The minimum absolute atomic E-state index is 0.407. The average molecular weight is 197 g/mol. The Kier molecular flexibility index (Phi) is 4.43. The molecule has 0 saturated heterocycles. The molecule has 1 rings (SSSR count). The van der Waals surface area contributed by atoms with Gasteiger partial charge in [-0.1, -0.05) is 13.8 Å². The predicted molar refractivity (Wildman–Crippen MR) is 59.6 cm³/mol. The highest BCUT2D eigenvalue weighted by molar-refractivity contribution is 5.75. The minimum Gasteiger partial charge on any atom is -0.481 e. The first-order valence-electron chi connectivity index (χ1n) is 5.86. The third-order valence-corrected chi connectivity index (χ3v) is 3.39. The molecule has 0 aromatic heterocycles. The van der Waals surface area contributed by atoms with Gasteiger partial charge in [0, 0.05) is 5.92 Å². The summed E-state index contributed by atoms with van der Waals surface area (Å²) in [6, 6.07) is 0. The van der Waals surface area contributed by atoms with Crippen LogP contribution in [0.2, 0.25) is 0 Å². The van der Waals surface area contributed by atoms with Crippen molar-refractivity contribution in [2.24, 2.45) is 17.8 Å². The molecule has 0 aliphatic heterocycles. The zero-order chi connectivity index (χ0) is 10.6. The fourth-order valence-corrected chi connectivity index (χ4v) is 2.32. The maximum absolute atomic E-state index is 7.73. The van der Waals surface area contributed by atoms with E-state index in [2.05, 4.69) is 13.8 Å². The van der Waals surface area contributed by atoms with Gasteiger partial charge in [-0.05, 0) is 44.4 Å². The number of nitrogens with one attached hydrogen (secondary N) is 1. The van der Waals surface area contributed by atoms with E-state index in [0.29, 0.717) is 18.4 Å². The van der Waals surface area contributed by atoms with Crippen molar-refractivity contribution in [2.75, 3.05) is 6.61 Å². The van der Waals surface area contributed by atoms with Gasteiger partial charge in [-0.3, -0.25) is 5.41 Å². The molecule has 0 spiro atoms. The van der Waals surface area contributed by atoms with Crippen LogP contribution in [0.4, 0.5) is 0 Å². The Bertz CT molecular complexity index is 181. The maximum atomic E-state index is 7.73. The summed E-state index contributed by atoms with van der Waals surface area (Å²) in [4.78, 5) is 0. The van der Waals surface area contributed by atoms with E-state index in [4.69, 9.17) is 10.1 Å². The van der Waals surface area contributed by atoms with Gasteiger partial charge in [0.25, 0.3) is 0 Å². The fraction of sp³-hybridized carbons (Fsp3) is 0.917. The molecular weight excluding hydrogens is 174 g/mol. The van der Waals surface area contributed by atoms with Crippen LogP contribution in [0.5, 0.6) is 0 Å². The Hall–Kier alpha value is -0.530. The van der Waals surface area contributed by atoms with Crippen LogP contribution in [0.1, 0.15) is 46.5 Å². The summed E-state index contributed by atoms with van der Waals surface area (Å²) < 4.78 is 5.26. The highest BCUT2D eigenvalue weighted by Gasteiger charge is 2.26. The van der Waals surface area contributed by atoms with Gasteiger partial charge < -0.3 is 4.74 Å². The minimum atomic E-state index is 0.407. The number of rotatable bonds is 3. The second-order valence-electron chi connectivity index (χ2n) is 4.65. The molecule has 1 aliphatic carbocycles. The van der Waals surface area contributed by atoms with Crippen molar-refractivity contribution in [3.63, 3.8) is 0 Å². The zero-order valence-corrected chi connectivity index (χ0v) is 9.68. The standard InChI is InChI=1S/C12H23NO/c1-4-14-12(13)11-7-5-10(6-8-11)9(2)3/h9-11,13H,4-8H2,1-3H3. The molecule has 0 aromatic carbocycles. The molecule has 0 radical (unpaired) electrons. The van der Waals surface area contributed by atoms with Crippen molar-refractivity contribution in [1.82, 2.24) is 0 Å². The average Bonchev–Trinajstić information content (AvgIpc) is 2.18. The Morgan fingerprint density at radius 2 is 1.86 bits per heavy atom. The van der Waals surface area contributed by atoms with Gasteiger partial charge >= 0.3 is 0 Å². The Balaban J connectivity index is 2.31. The van der Waals surface area contributed by atoms with Crippen molar-refractivity contribution in [3.8, 4) is 0 Å². The molecule has 0 amide bonds. The first-order valence-corrected chi connectivity index (χ1v) is 5.86. The maximum Gasteiger partial charge on any atom is 0.183 e. The summed E-state index contributed by atoms with van der Waals surface area (Å²) in [6.07, 6.45) is 4.86. The predicted octanol–water partition coefficient (Wildman–Crippen LogP) is 3.46. The fourth-order valence-electron chi connectivity index (χ4n) is 2.32. The molecule has 2 heteroatoms. The van der Waals surface area contributed by atoms with Crippen molar-refractivity contribution < 1.29 is 4.74 Å². The highest BCUT2D eigenvalue weighted by atomic mass is 16.5. The topological polar surface area (TPSA) is 33.1 Å². The van der Waals surface area contributed by atoms with Gasteiger partial charge in [0.15, 0.2) is 5.90 Å². The van der Waals surface area contributed by atoms with Gasteiger partial charge in [0.05, 0.1) is 6.61 Å². The van der Waals surface area contributed by atoms with Gasteiger partial charge in [-0.15, -0.1) is 0 Å². The number of hydrogen-bond acceptors (Lipinski definition) is 2. The first kappa shape index (κ1) is 11.5. The van der Waals surface area contributed by atoms with Crippen LogP contribution in [-0.4, -0.2) is 12.5 Å².